The van der Waals surface area contributed by atoms with Crippen molar-refractivity contribution in [2.75, 3.05) is 17.1 Å². The molecule has 0 spiro atoms. The third-order valence-electron chi connectivity index (χ3n) is 6.01. The summed E-state index contributed by atoms with van der Waals surface area (Å²) in [7, 11) is -4.04. The Morgan fingerprint density at radius 1 is 0.854 bits per heavy atom. The summed E-state index contributed by atoms with van der Waals surface area (Å²) in [5, 5.41) is 3.53. The van der Waals surface area contributed by atoms with Gasteiger partial charge in [-0.05, 0) is 50.1 Å². The number of nitrogens with zero attached hydrogens (tertiary/aromatic N) is 2. The minimum Gasteiger partial charge on any atom is -0.350 e. The molecule has 12 heteroatoms. The predicted octanol–water partition coefficient (Wildman–Crippen LogP) is 6.62. The molecule has 0 aliphatic heterocycles. The molecular formula is C29H31Cl4N3O4S. The Labute approximate surface area is 261 Å². The summed E-state index contributed by atoms with van der Waals surface area (Å²) in [6.07, 6.45) is 1.12. The van der Waals surface area contributed by atoms with Crippen molar-refractivity contribution >= 4 is 73.9 Å². The van der Waals surface area contributed by atoms with Gasteiger partial charge in [-0.15, -0.1) is 0 Å². The minimum absolute atomic E-state index is 0.0124. The molecule has 0 aliphatic rings. The molecule has 0 bridgehead atoms. The number of halogens is 4. The van der Waals surface area contributed by atoms with Gasteiger partial charge in [0.05, 0.1) is 27.0 Å². The normalized spacial score (nSPS) is 12.5. The molecular weight excluding hydrogens is 628 g/mol. The summed E-state index contributed by atoms with van der Waals surface area (Å²) < 4.78 is 26.8. The largest absolute Gasteiger partial charge is 0.350 e. The topological polar surface area (TPSA) is 86.8 Å². The summed E-state index contributed by atoms with van der Waals surface area (Å²) in [6.45, 7) is 4.79. The maximum absolute atomic E-state index is 14.1. The number of hydrogen-bond donors (Lipinski definition) is 1. The average Bonchev–Trinajstić information content (AvgIpc) is 2.87. The van der Waals surface area contributed by atoms with Crippen molar-refractivity contribution in [1.29, 1.82) is 0 Å². The Hall–Kier alpha value is -2.49. The van der Waals surface area contributed by atoms with Gasteiger partial charge < -0.3 is 10.2 Å². The van der Waals surface area contributed by atoms with E-state index in [9.17, 15) is 18.0 Å². The number of amides is 2. The molecule has 2 amide bonds. The molecule has 3 aromatic carbocycles. The van der Waals surface area contributed by atoms with E-state index in [1.54, 1.807) is 24.3 Å². The van der Waals surface area contributed by atoms with E-state index < -0.39 is 40.0 Å². The standard InChI is InChI=1S/C29H31Cl4N3O4S/c1-29(2,3)34-28(38)26(14-19-10-6-5-7-11-19)35(17-20-12-8-9-13-21(20)30)27(37)18-36(41(4,39)40)25-16-23(32)22(31)15-24(25)33/h5-13,15-16,26H,14,17-18H2,1-4H3,(H,34,38)/t26-/m0/s1. The molecule has 41 heavy (non-hydrogen) atoms. The zero-order valence-electron chi connectivity index (χ0n) is 23.0. The van der Waals surface area contributed by atoms with E-state index in [0.717, 1.165) is 16.1 Å². The summed E-state index contributed by atoms with van der Waals surface area (Å²) >= 11 is 25.0. The first-order chi connectivity index (χ1) is 19.1. The Morgan fingerprint density at radius 3 is 2.02 bits per heavy atom. The van der Waals surface area contributed by atoms with Crippen LogP contribution in [0.15, 0.2) is 66.7 Å². The molecule has 0 aromatic heterocycles. The maximum Gasteiger partial charge on any atom is 0.244 e. The number of hydrogen-bond acceptors (Lipinski definition) is 4. The van der Waals surface area contributed by atoms with Crippen molar-refractivity contribution in [2.24, 2.45) is 0 Å². The molecule has 220 valence electrons. The Balaban J connectivity index is 2.13. The lowest BCUT2D eigenvalue weighted by atomic mass is 10.0. The van der Waals surface area contributed by atoms with Crippen molar-refractivity contribution in [1.82, 2.24) is 10.2 Å². The van der Waals surface area contributed by atoms with Crippen LogP contribution < -0.4 is 9.62 Å². The fourth-order valence-corrected chi connectivity index (χ4v) is 5.86. The maximum atomic E-state index is 14.1. The van der Waals surface area contributed by atoms with Crippen molar-refractivity contribution in [3.63, 3.8) is 0 Å². The van der Waals surface area contributed by atoms with E-state index in [4.69, 9.17) is 46.4 Å². The molecule has 0 aliphatic carbocycles. The number of nitrogens with one attached hydrogen (secondary N) is 1. The van der Waals surface area contributed by atoms with Crippen molar-refractivity contribution < 1.29 is 18.0 Å². The summed E-state index contributed by atoms with van der Waals surface area (Å²) in [6, 6.07) is 17.8. The van der Waals surface area contributed by atoms with Gasteiger partial charge in [0.25, 0.3) is 0 Å². The average molecular weight is 659 g/mol. The van der Waals surface area contributed by atoms with Crippen molar-refractivity contribution in [2.45, 2.75) is 45.3 Å². The van der Waals surface area contributed by atoms with Crippen molar-refractivity contribution in [3.8, 4) is 0 Å². The molecule has 0 fully saturated rings. The highest BCUT2D eigenvalue weighted by atomic mass is 35.5. The molecule has 0 radical (unpaired) electrons. The molecule has 3 aromatic rings. The van der Waals surface area contributed by atoms with Crippen LogP contribution >= 0.6 is 46.4 Å². The SMILES string of the molecule is CC(C)(C)NC(=O)[C@H](Cc1ccccc1)N(Cc1ccccc1Cl)C(=O)CN(c1cc(Cl)c(Cl)cc1Cl)S(C)(=O)=O. The van der Waals surface area contributed by atoms with Crippen molar-refractivity contribution in [3.05, 3.63) is 97.9 Å². The lowest BCUT2D eigenvalue weighted by molar-refractivity contribution is -0.140. The Kier molecular flexibility index (Phi) is 11.0. The second-order valence-corrected chi connectivity index (χ2v) is 14.1. The first kappa shape index (κ1) is 33.0. The zero-order valence-corrected chi connectivity index (χ0v) is 26.8. The van der Waals surface area contributed by atoms with Gasteiger partial charge in [-0.3, -0.25) is 13.9 Å². The zero-order chi connectivity index (χ0) is 30.5. The van der Waals surface area contributed by atoms with E-state index in [1.165, 1.54) is 17.0 Å². The molecule has 3 rings (SSSR count). The van der Waals surface area contributed by atoms with Crippen LogP contribution in [0.4, 0.5) is 5.69 Å². The first-order valence-electron chi connectivity index (χ1n) is 12.6. The monoisotopic (exact) mass is 657 g/mol. The molecule has 0 saturated carbocycles. The number of anilines is 1. The molecule has 0 saturated heterocycles. The van der Waals surface area contributed by atoms with E-state index in [2.05, 4.69) is 5.32 Å². The van der Waals surface area contributed by atoms with Gasteiger partial charge in [-0.25, -0.2) is 8.42 Å². The number of sulfonamides is 1. The highest BCUT2D eigenvalue weighted by molar-refractivity contribution is 7.92. The molecule has 1 atom stereocenters. The third kappa shape index (κ3) is 9.25. The van der Waals surface area contributed by atoms with Crippen LogP contribution in [0.1, 0.15) is 31.9 Å². The number of carbonyl (C=O) groups excluding carboxylic acids is 2. The molecule has 0 heterocycles. The Bertz CT molecular complexity index is 1510. The third-order valence-corrected chi connectivity index (χ3v) is 8.53. The van der Waals surface area contributed by atoms with E-state index in [0.29, 0.717) is 10.6 Å². The lowest BCUT2D eigenvalue weighted by Gasteiger charge is -2.35. The van der Waals surface area contributed by atoms with Gasteiger partial charge in [-0.2, -0.15) is 0 Å². The van der Waals surface area contributed by atoms with Gasteiger partial charge in [0.15, 0.2) is 0 Å². The van der Waals surface area contributed by atoms with E-state index in [1.807, 2.05) is 51.1 Å². The van der Waals surface area contributed by atoms with Gasteiger partial charge in [-0.1, -0.05) is 94.9 Å². The second-order valence-electron chi connectivity index (χ2n) is 10.5. The van der Waals surface area contributed by atoms with Crippen LogP contribution in [0.3, 0.4) is 0 Å². The van der Waals surface area contributed by atoms with Crippen LogP contribution in [0, 0.1) is 0 Å². The summed E-state index contributed by atoms with van der Waals surface area (Å²) in [5.74, 6) is -1.05. The molecule has 0 unspecified atom stereocenters. The van der Waals surface area contributed by atoms with Crippen LogP contribution in [0.25, 0.3) is 0 Å². The van der Waals surface area contributed by atoms with Gasteiger partial charge in [0.1, 0.15) is 12.6 Å². The van der Waals surface area contributed by atoms with Gasteiger partial charge >= 0.3 is 0 Å². The fourth-order valence-electron chi connectivity index (χ4n) is 4.11. The van der Waals surface area contributed by atoms with Crippen LogP contribution in [-0.4, -0.2) is 49.5 Å². The highest BCUT2D eigenvalue weighted by Gasteiger charge is 2.35. The number of carbonyl (C=O) groups is 2. The van der Waals surface area contributed by atoms with Crippen LogP contribution in [0.5, 0.6) is 0 Å². The number of rotatable bonds is 10. The Morgan fingerprint density at radius 2 is 1.44 bits per heavy atom. The summed E-state index contributed by atoms with van der Waals surface area (Å²) in [4.78, 5) is 29.2. The van der Waals surface area contributed by atoms with Crippen LogP contribution in [-0.2, 0) is 32.6 Å². The minimum atomic E-state index is -4.04. The van der Waals surface area contributed by atoms with Gasteiger partial charge in [0, 0.05) is 23.5 Å². The number of benzene rings is 3. The lowest BCUT2D eigenvalue weighted by Crippen LogP contribution is -2.56. The molecule has 1 N–H and O–H groups in total. The van der Waals surface area contributed by atoms with E-state index >= 15 is 0 Å². The van der Waals surface area contributed by atoms with E-state index in [-0.39, 0.29) is 33.7 Å². The van der Waals surface area contributed by atoms with Crippen LogP contribution in [0.2, 0.25) is 20.1 Å². The molecule has 7 nitrogen and oxygen atoms in total. The quantitative estimate of drug-likeness (QED) is 0.248. The van der Waals surface area contributed by atoms with Gasteiger partial charge in [0.2, 0.25) is 21.8 Å². The predicted molar refractivity (Wildman–Crippen MR) is 167 cm³/mol. The summed E-state index contributed by atoms with van der Waals surface area (Å²) in [5.41, 5.74) is 0.777. The smallest absolute Gasteiger partial charge is 0.244 e. The first-order valence-corrected chi connectivity index (χ1v) is 15.9. The second kappa shape index (κ2) is 13.7. The highest BCUT2D eigenvalue weighted by Crippen LogP contribution is 2.36. The fraction of sp³-hybridized carbons (Fsp3) is 0.310.